The van der Waals surface area contributed by atoms with Crippen LogP contribution in [0.15, 0.2) is 76.9 Å². The zero-order valence-electron chi connectivity index (χ0n) is 49.7. The van der Waals surface area contributed by atoms with E-state index in [-0.39, 0.29) is 96.0 Å². The first-order valence-corrected chi connectivity index (χ1v) is 31.6. The maximum Gasteiger partial charge on any atom is 0.409 e. The van der Waals surface area contributed by atoms with E-state index in [1.54, 1.807) is 40.6 Å². The molecule has 3 N–H and O–H groups in total. The summed E-state index contributed by atoms with van der Waals surface area (Å²) in [5.74, 6) is -1.13. The number of aliphatic hydroxyl groups is 1. The van der Waals surface area contributed by atoms with E-state index in [4.69, 9.17) is 33.7 Å². The molecule has 21 heteroatoms. The van der Waals surface area contributed by atoms with Gasteiger partial charge in [0.05, 0.1) is 39.2 Å². The van der Waals surface area contributed by atoms with Crippen LogP contribution in [-0.4, -0.2) is 150 Å². The third-order valence-electron chi connectivity index (χ3n) is 18.5. The third-order valence-corrected chi connectivity index (χ3v) is 19.5. The lowest BCUT2D eigenvalue weighted by Gasteiger charge is -2.35. The molecule has 7 aromatic rings. The van der Waals surface area contributed by atoms with Crippen molar-refractivity contribution in [3.05, 3.63) is 101 Å². The van der Waals surface area contributed by atoms with Crippen molar-refractivity contribution in [1.82, 2.24) is 45.1 Å². The molecule has 3 amide bonds. The number of phenolic OH excluding ortho intramolecular Hbond substituents is 1. The number of piperidine rings is 1. The number of halogens is 1. The molecule has 3 aromatic carbocycles. The summed E-state index contributed by atoms with van der Waals surface area (Å²) in [5.41, 5.74) is 6.18. The van der Waals surface area contributed by atoms with Crippen LogP contribution >= 0.6 is 11.3 Å². The van der Waals surface area contributed by atoms with Crippen molar-refractivity contribution in [3.63, 3.8) is 0 Å². The molecule has 454 valence electrons. The average molecular weight is 1190 g/mol. The van der Waals surface area contributed by atoms with E-state index in [2.05, 4.69) is 32.2 Å². The molecule has 0 bridgehead atoms. The highest BCUT2D eigenvalue weighted by molar-refractivity contribution is 7.13. The molecule has 4 aromatic heterocycles. The second-order valence-electron chi connectivity index (χ2n) is 24.5. The number of hydrogen-bond acceptors (Lipinski definition) is 17. The fourth-order valence-electron chi connectivity index (χ4n) is 13.9. The first-order valence-electron chi connectivity index (χ1n) is 30.7. The second-order valence-corrected chi connectivity index (χ2v) is 25.3. The molecule has 5 fully saturated rings. The third kappa shape index (κ3) is 11.9. The topological polar surface area (TPSA) is 222 Å². The first kappa shape index (κ1) is 58.9. The number of carbonyl (C=O) groups excluding carboxylic acids is 3. The zero-order chi connectivity index (χ0) is 59.8. The van der Waals surface area contributed by atoms with Crippen LogP contribution in [0, 0.1) is 18.7 Å². The number of likely N-dealkylation sites (tertiary alicyclic amines) is 2. The standard InChI is InChI=1S/C65H77FN10O9S/c1-6-41-13-11-14-44-29-46(77)30-49(55(41)44)57-56(66)58-50(33-67-57)60(73-24-9-7-8-10-25-73)71-63(70-58)83-36-65-22-12-26-76(65)45(19-23-65)35-82-64(81)74-27-20-48(21-28-74)84-53-32-52(85-72-53)54(38(2)3)62(80)75-34-47(78)31-51(75)61(79)69-39(4)42-15-17-43(18-16-42)59-40(5)68-37-86-59/h11,13-18,29-30,32-33,37-39,45,47-48,51,54,77-78H,6-10,12,19-28,31,34-36H2,1-5H3,(H,69,79)/t39-,45-,47+,51-,54-,65+/m0/s1. The van der Waals surface area contributed by atoms with Gasteiger partial charge >= 0.3 is 12.1 Å². The fraction of sp³-hybridized carbons (Fsp3) is 0.508. The van der Waals surface area contributed by atoms with Crippen molar-refractivity contribution < 1.29 is 47.7 Å². The van der Waals surface area contributed by atoms with Crippen molar-refractivity contribution >= 4 is 56.7 Å². The Balaban J connectivity index is 0.650. The van der Waals surface area contributed by atoms with Crippen LogP contribution in [0.2, 0.25) is 0 Å². The quantitative estimate of drug-likeness (QED) is 0.0771. The van der Waals surface area contributed by atoms with Gasteiger partial charge in [-0.2, -0.15) is 9.97 Å². The molecule has 9 heterocycles. The molecule has 86 heavy (non-hydrogen) atoms. The highest BCUT2D eigenvalue weighted by Gasteiger charge is 2.51. The van der Waals surface area contributed by atoms with Gasteiger partial charge in [-0.25, -0.2) is 14.2 Å². The SMILES string of the molecule is CCc1cccc2cc(O)cc(-c3ncc4c(N5CCCCCC5)nc(OC[C@]56CCCN5[C@H](COC(=O)N5CCC(Oc7cc([C@@H](C(=O)N8C[C@H](O)C[C@H]8C(=O)N[C@@H](C)c8ccc(-c9scnc9C)cc8)C(C)C)on7)CC5)CC6)nc4c3F)c12. The molecule has 5 saturated heterocycles. The van der Waals surface area contributed by atoms with Gasteiger partial charge in [0.25, 0.3) is 5.88 Å². The number of aliphatic hydroxyl groups excluding tert-OH is 1. The highest BCUT2D eigenvalue weighted by atomic mass is 32.1. The Bertz CT molecular complexity index is 3600. The van der Waals surface area contributed by atoms with E-state index in [0.717, 1.165) is 115 Å². The summed E-state index contributed by atoms with van der Waals surface area (Å²) in [6.45, 7) is 13.5. The van der Waals surface area contributed by atoms with Crippen molar-refractivity contribution in [1.29, 1.82) is 0 Å². The van der Waals surface area contributed by atoms with Gasteiger partial charge in [0.1, 0.15) is 54.1 Å². The fourth-order valence-corrected chi connectivity index (χ4v) is 14.7. The van der Waals surface area contributed by atoms with Gasteiger partial charge in [-0.3, -0.25) is 19.5 Å². The van der Waals surface area contributed by atoms with Crippen LogP contribution in [-0.2, 0) is 20.7 Å². The van der Waals surface area contributed by atoms with Crippen molar-refractivity contribution in [2.75, 3.05) is 57.4 Å². The second kappa shape index (κ2) is 25.1. The number of nitrogens with zero attached hydrogens (tertiary/aromatic N) is 9. The van der Waals surface area contributed by atoms with Gasteiger partial charge in [0.2, 0.25) is 11.8 Å². The minimum atomic E-state index is -0.873. The summed E-state index contributed by atoms with van der Waals surface area (Å²) >= 11 is 1.58. The Morgan fingerprint density at radius 2 is 1.72 bits per heavy atom. The van der Waals surface area contributed by atoms with E-state index >= 15 is 4.39 Å². The summed E-state index contributed by atoms with van der Waals surface area (Å²) in [7, 11) is 0. The molecule has 12 rings (SSSR count). The average Bonchev–Trinajstić information content (AvgIpc) is 4.42. The molecule has 0 aliphatic carbocycles. The molecule has 6 atom stereocenters. The Morgan fingerprint density at radius 3 is 2.47 bits per heavy atom. The summed E-state index contributed by atoms with van der Waals surface area (Å²) in [6, 6.07) is 17.7. The van der Waals surface area contributed by atoms with Gasteiger partial charge in [-0.05, 0) is 116 Å². The van der Waals surface area contributed by atoms with Crippen molar-refractivity contribution in [2.45, 2.75) is 153 Å². The number of aryl methyl sites for hydroxylation is 2. The molecule has 0 spiro atoms. The summed E-state index contributed by atoms with van der Waals surface area (Å²) < 4.78 is 42.0. The Labute approximate surface area is 504 Å². The number of thiazole rings is 1. The normalized spacial score (nSPS) is 21.9. The number of pyridine rings is 1. The number of anilines is 1. The van der Waals surface area contributed by atoms with E-state index in [1.165, 1.54) is 4.90 Å². The maximum absolute atomic E-state index is 17.3. The number of nitrogens with one attached hydrogen (secondary N) is 1. The van der Waals surface area contributed by atoms with E-state index < -0.39 is 23.9 Å². The lowest BCUT2D eigenvalue weighted by Crippen LogP contribution is -2.48. The zero-order valence-corrected chi connectivity index (χ0v) is 50.5. The molecule has 5 aliphatic rings. The van der Waals surface area contributed by atoms with Crippen LogP contribution in [0.4, 0.5) is 15.0 Å². The Kier molecular flexibility index (Phi) is 17.2. The minimum Gasteiger partial charge on any atom is -0.508 e. The largest absolute Gasteiger partial charge is 0.508 e. The van der Waals surface area contributed by atoms with E-state index in [0.29, 0.717) is 55.1 Å². The molecule has 0 radical (unpaired) electrons. The Morgan fingerprint density at radius 1 is 0.930 bits per heavy atom. The maximum atomic E-state index is 17.3. The smallest absolute Gasteiger partial charge is 0.409 e. The molecule has 0 saturated carbocycles. The van der Waals surface area contributed by atoms with Crippen molar-refractivity contribution in [3.8, 4) is 39.3 Å². The summed E-state index contributed by atoms with van der Waals surface area (Å²) in [5, 5.41) is 31.1. The number of hydrogen-bond donors (Lipinski definition) is 3. The number of aromatic nitrogens is 5. The first-order chi connectivity index (χ1) is 41.6. The summed E-state index contributed by atoms with van der Waals surface area (Å²) in [6.07, 6.45) is 9.73. The number of phenols is 1. The Hall–Kier alpha value is -7.49. The number of carbonyl (C=O) groups is 3. The number of β-amino-alcohol motifs (C(OH)–C–C–N with tert-alkyl or cyclic N) is 1. The predicted octanol–water partition coefficient (Wildman–Crippen LogP) is 10.7. The molecule has 5 aliphatic heterocycles. The van der Waals surface area contributed by atoms with Gasteiger partial charge in [-0.15, -0.1) is 11.3 Å². The van der Waals surface area contributed by atoms with Crippen LogP contribution in [0.1, 0.15) is 133 Å². The number of amides is 3. The van der Waals surface area contributed by atoms with Gasteiger partial charge < -0.3 is 49.0 Å². The van der Waals surface area contributed by atoms with E-state index in [9.17, 15) is 24.6 Å². The monoisotopic (exact) mass is 1190 g/mol. The van der Waals surface area contributed by atoms with Gasteiger partial charge in [0, 0.05) is 75.9 Å². The minimum absolute atomic E-state index is 0.00838. The highest BCUT2D eigenvalue weighted by Crippen LogP contribution is 2.44. The molecule has 0 unspecified atom stereocenters. The number of rotatable bonds is 17. The van der Waals surface area contributed by atoms with Crippen LogP contribution < -0.4 is 19.7 Å². The predicted molar refractivity (Wildman–Crippen MR) is 325 cm³/mol. The number of fused-ring (bicyclic) bond motifs is 3. The van der Waals surface area contributed by atoms with Crippen LogP contribution in [0.3, 0.4) is 0 Å². The molecular weight excluding hydrogens is 1120 g/mol. The van der Waals surface area contributed by atoms with Crippen molar-refractivity contribution in [2.24, 2.45) is 5.92 Å². The number of ether oxygens (including phenoxy) is 3. The number of benzene rings is 3. The van der Waals surface area contributed by atoms with Crippen LogP contribution in [0.25, 0.3) is 43.4 Å². The molecular formula is C65H77FN10O9S. The lowest BCUT2D eigenvalue weighted by atomic mass is 9.91. The van der Waals surface area contributed by atoms with E-state index in [1.807, 2.05) is 75.7 Å². The van der Waals surface area contributed by atoms with Gasteiger partial charge in [0.15, 0.2) is 11.6 Å². The number of aromatic hydroxyl groups is 1. The van der Waals surface area contributed by atoms with Crippen LogP contribution in [0.5, 0.6) is 17.6 Å². The van der Waals surface area contributed by atoms with Gasteiger partial charge in [-0.1, -0.05) is 76.1 Å². The summed E-state index contributed by atoms with van der Waals surface area (Å²) in [4.78, 5) is 69.7. The lowest BCUT2D eigenvalue weighted by molar-refractivity contribution is -0.141. The molecule has 19 nitrogen and oxygen atoms in total.